The molecule has 0 saturated carbocycles. The summed E-state index contributed by atoms with van der Waals surface area (Å²) in [5.41, 5.74) is -3.46. The van der Waals surface area contributed by atoms with Crippen molar-refractivity contribution in [2.45, 2.75) is 76.6 Å². The van der Waals surface area contributed by atoms with Gasteiger partial charge in [-0.1, -0.05) is 24.3 Å². The summed E-state index contributed by atoms with van der Waals surface area (Å²) in [5.74, 6) is 0. The molecule has 92 heavy (non-hydrogen) atoms. The summed E-state index contributed by atoms with van der Waals surface area (Å²) in [6.07, 6.45) is 0. The molecule has 0 radical (unpaired) electrons. The van der Waals surface area contributed by atoms with E-state index in [9.17, 15) is 116 Å². The first-order valence-electron chi connectivity index (χ1n) is 24.6. The normalized spacial score (nSPS) is 13.2. The number of aryl methyl sites for hydroxylation is 4. The second kappa shape index (κ2) is 23.8. The quantitative estimate of drug-likeness (QED) is 0.0416. The number of hydrogen-bond acceptors (Lipinski definition) is 21. The smallest absolute Gasteiger partial charge is 0.308 e. The third-order valence-corrected chi connectivity index (χ3v) is 24.2. The van der Waals surface area contributed by atoms with Crippen LogP contribution < -0.4 is 29.5 Å². The van der Waals surface area contributed by atoms with E-state index in [1.807, 2.05) is 9.44 Å². The van der Waals surface area contributed by atoms with Crippen molar-refractivity contribution in [3.8, 4) is 0 Å². The van der Waals surface area contributed by atoms with E-state index < -0.39 is 200 Å². The molecule has 8 aromatic rings. The lowest BCUT2D eigenvalue weighted by atomic mass is 10.1. The van der Waals surface area contributed by atoms with Crippen LogP contribution in [-0.4, -0.2) is 118 Å². The fourth-order valence-electron chi connectivity index (χ4n) is 8.96. The molecule has 0 aliphatic rings. The average Bonchev–Trinajstić information content (AvgIpc) is 0.751. The lowest BCUT2D eigenvalue weighted by Gasteiger charge is -2.17. The second-order valence-corrected chi connectivity index (χ2v) is 34.8. The Kier molecular flexibility index (Phi) is 18.1. The fourth-order valence-corrected chi connectivity index (χ4v) is 18.1. The number of anilines is 6. The summed E-state index contributed by atoms with van der Waals surface area (Å²) in [7, 11) is -52.1. The number of sulfonamides is 4. The third kappa shape index (κ3) is 15.2. The zero-order valence-electron chi connectivity index (χ0n) is 46.4. The Hall–Kier alpha value is -7.99. The maximum absolute atomic E-state index is 14.1. The largest absolute Gasteiger partial charge is 0.323 e. The van der Waals surface area contributed by atoms with Crippen LogP contribution in [0.25, 0.3) is 21.5 Å². The fraction of sp³-hybridized carbons (Fsp3) is 0.0816. The van der Waals surface area contributed by atoms with Crippen molar-refractivity contribution in [2.24, 2.45) is 0 Å². The summed E-state index contributed by atoms with van der Waals surface area (Å²) < 4.78 is 327. The van der Waals surface area contributed by atoms with E-state index in [-0.39, 0.29) is 45.8 Å². The first kappa shape index (κ1) is 69.9. The number of urea groups is 1. The molecular weight excluding hydrogens is 1430 g/mol. The van der Waals surface area contributed by atoms with Crippen LogP contribution >= 0.6 is 0 Å². The van der Waals surface area contributed by atoms with Crippen molar-refractivity contribution in [1.82, 2.24) is 0 Å². The van der Waals surface area contributed by atoms with Gasteiger partial charge < -0.3 is 10.6 Å². The van der Waals surface area contributed by atoms with Crippen LogP contribution in [0.5, 0.6) is 0 Å². The predicted octanol–water partition coefficient (Wildman–Crippen LogP) is 5.55. The standard InChI is InChI=1S/C49H44N6O27S10/c1-25-5-9-31(17-41(25)83(57,58)52-33-11-7-27(3)43(19-33)85(61,62)54-39-21-35(87(65,66)67)13-29-15-37(89(71,72)73)23-45(47(29)39)91(77,78)79)50-49(56)51-32-10-6-26(2)42(18-32)84(59,60)53-34-12-8-28(4)44(20-34)86(63,64)55-40-22-36(88(68,69)70)14-30-16-38(90(74,75)76)24-46(48(30)40)92(80,81)82/h5-24,52-55H,1-4H3,(H2,50,51,56)(H,65,66,67)(H,68,69,70)(H,71,72,73)(H,74,75,76)(H,77,78,79)(H,80,81,82). The zero-order valence-corrected chi connectivity index (χ0v) is 54.6. The van der Waals surface area contributed by atoms with E-state index in [1.165, 1.54) is 52.0 Å². The number of benzene rings is 8. The molecule has 0 aliphatic heterocycles. The number of amides is 2. The van der Waals surface area contributed by atoms with Gasteiger partial charge in [0.1, 0.15) is 9.79 Å². The highest BCUT2D eigenvalue weighted by Crippen LogP contribution is 2.40. The van der Waals surface area contributed by atoms with E-state index >= 15 is 0 Å². The van der Waals surface area contributed by atoms with Crippen LogP contribution in [0.4, 0.5) is 38.9 Å². The van der Waals surface area contributed by atoms with Gasteiger partial charge in [-0.2, -0.15) is 50.5 Å². The van der Waals surface area contributed by atoms with Crippen LogP contribution in [0.3, 0.4) is 0 Å². The van der Waals surface area contributed by atoms with Crippen molar-refractivity contribution >= 4 is 163 Å². The summed E-state index contributed by atoms with van der Waals surface area (Å²) in [6, 6.07) is 15.1. The molecule has 2 amide bonds. The Morgan fingerprint density at radius 3 is 0.783 bits per heavy atom. The van der Waals surface area contributed by atoms with Gasteiger partial charge in [-0.25, -0.2) is 38.5 Å². The molecule has 0 saturated heterocycles. The first-order chi connectivity index (χ1) is 41.9. The Morgan fingerprint density at radius 2 is 0.522 bits per heavy atom. The van der Waals surface area contributed by atoms with Crippen LogP contribution in [0.2, 0.25) is 0 Å². The highest BCUT2D eigenvalue weighted by atomic mass is 32.3. The minimum atomic E-state index is -5.54. The van der Waals surface area contributed by atoms with Crippen LogP contribution in [-0.2, 0) is 101 Å². The van der Waals surface area contributed by atoms with E-state index in [0.29, 0.717) is 36.4 Å². The van der Waals surface area contributed by atoms with Crippen molar-refractivity contribution in [3.05, 3.63) is 144 Å². The highest BCUT2D eigenvalue weighted by Gasteiger charge is 2.31. The maximum Gasteiger partial charge on any atom is 0.323 e. The Labute approximate surface area is 524 Å². The van der Waals surface area contributed by atoms with E-state index in [0.717, 1.165) is 48.5 Å². The molecule has 0 aromatic heterocycles. The summed E-state index contributed by atoms with van der Waals surface area (Å²) in [5, 5.41) is 1.51. The molecule has 0 unspecified atom stereocenters. The molecule has 0 heterocycles. The maximum atomic E-state index is 14.1. The van der Waals surface area contributed by atoms with Crippen molar-refractivity contribution in [3.63, 3.8) is 0 Å². The van der Waals surface area contributed by atoms with Crippen LogP contribution in [0, 0.1) is 27.7 Å². The number of fused-ring (bicyclic) bond motifs is 2. The molecule has 0 fully saturated rings. The molecule has 0 bridgehead atoms. The SMILES string of the molecule is Cc1ccc(NC(=O)Nc2ccc(C)c(S(=O)(=O)Nc3ccc(C)c(S(=O)(=O)Nc4cc(S(=O)(=O)O)cc5cc(S(=O)(=O)O)cc(S(=O)(=O)O)c45)c3)c2)cc1S(=O)(=O)Nc1ccc(C)c(S(=O)(=O)Nc2cc(S(=O)(=O)O)cc3cc(S(=O)(=O)O)cc(S(=O)(=O)O)c23)c1. The number of carbonyl (C=O) groups excluding carboxylic acids is 1. The van der Waals surface area contributed by atoms with Gasteiger partial charge in [0.15, 0.2) is 0 Å². The van der Waals surface area contributed by atoms with Gasteiger partial charge in [0.2, 0.25) is 0 Å². The van der Waals surface area contributed by atoms with Crippen molar-refractivity contribution < 1.29 is 116 Å². The van der Waals surface area contributed by atoms with Gasteiger partial charge in [-0.05, 0) is 158 Å². The molecule has 0 spiro atoms. The summed E-state index contributed by atoms with van der Waals surface area (Å²) in [4.78, 5) is 3.51. The molecule has 8 aromatic carbocycles. The molecule has 33 nitrogen and oxygen atoms in total. The number of hydrogen-bond donors (Lipinski definition) is 12. The number of nitrogens with one attached hydrogen (secondary N) is 6. The van der Waals surface area contributed by atoms with Gasteiger partial charge in [-0.3, -0.25) is 46.2 Å². The molecule has 0 aliphatic carbocycles. The van der Waals surface area contributed by atoms with Gasteiger partial charge >= 0.3 is 6.03 Å². The topological polar surface area (TPSA) is 552 Å². The van der Waals surface area contributed by atoms with Crippen LogP contribution in [0.1, 0.15) is 22.3 Å². The minimum absolute atomic E-state index is 0.0467. The van der Waals surface area contributed by atoms with Gasteiger partial charge in [-0.15, -0.1) is 0 Å². The molecule has 8 rings (SSSR count). The molecule has 492 valence electrons. The minimum Gasteiger partial charge on any atom is -0.308 e. The lowest BCUT2D eigenvalue weighted by Crippen LogP contribution is -2.21. The summed E-state index contributed by atoms with van der Waals surface area (Å²) >= 11 is 0. The molecule has 43 heteroatoms. The van der Waals surface area contributed by atoms with E-state index in [4.69, 9.17) is 0 Å². The molecule has 12 N–H and O–H groups in total. The lowest BCUT2D eigenvalue weighted by molar-refractivity contribution is 0.262. The highest BCUT2D eigenvalue weighted by molar-refractivity contribution is 7.94. The Balaban J connectivity index is 1.02. The van der Waals surface area contributed by atoms with Gasteiger partial charge in [0.25, 0.3) is 101 Å². The Bertz CT molecular complexity index is 5410. The van der Waals surface area contributed by atoms with Crippen molar-refractivity contribution in [1.29, 1.82) is 0 Å². The molecule has 0 atom stereocenters. The third-order valence-electron chi connectivity index (χ3n) is 13.1. The van der Waals surface area contributed by atoms with E-state index in [1.54, 1.807) is 0 Å². The monoisotopic (exact) mass is 1470 g/mol. The summed E-state index contributed by atoms with van der Waals surface area (Å²) in [6.45, 7) is 5.11. The second-order valence-electron chi connectivity index (χ2n) is 19.8. The van der Waals surface area contributed by atoms with Crippen LogP contribution in [0.15, 0.2) is 170 Å². The van der Waals surface area contributed by atoms with Gasteiger partial charge in [0.05, 0.1) is 61.9 Å². The zero-order chi connectivity index (χ0) is 68.8. The number of carbonyl (C=O) groups is 1. The van der Waals surface area contributed by atoms with E-state index in [2.05, 4.69) is 20.1 Å². The predicted molar refractivity (Wildman–Crippen MR) is 327 cm³/mol. The number of rotatable bonds is 20. The van der Waals surface area contributed by atoms with Gasteiger partial charge in [0, 0.05) is 22.1 Å². The Morgan fingerprint density at radius 1 is 0.283 bits per heavy atom. The van der Waals surface area contributed by atoms with Crippen molar-refractivity contribution in [2.75, 3.05) is 29.5 Å². The first-order valence-corrected chi connectivity index (χ1v) is 39.1. The molecular formula is C49H44N6O27S10. The average molecular weight is 1470 g/mol.